The number of benzene rings is 1. The second-order valence-electron chi connectivity index (χ2n) is 7.11. The van der Waals surface area contributed by atoms with E-state index < -0.39 is 12.1 Å². The van der Waals surface area contributed by atoms with E-state index in [9.17, 15) is 13.2 Å². The van der Waals surface area contributed by atoms with Crippen molar-refractivity contribution in [1.82, 2.24) is 0 Å². The molecule has 0 radical (unpaired) electrons. The Balaban J connectivity index is 1.66. The predicted octanol–water partition coefficient (Wildman–Crippen LogP) is 6.95. The largest absolute Gasteiger partial charge is 0.391 e. The van der Waals surface area contributed by atoms with Crippen LogP contribution < -0.4 is 0 Å². The smallest absolute Gasteiger partial charge is 0.171 e. The average molecular weight is 387 g/mol. The Labute approximate surface area is 144 Å². The van der Waals surface area contributed by atoms with E-state index in [1.165, 1.54) is 17.5 Å². The molecule has 2 unspecified atom stereocenters. The molecule has 4 heteroatoms. The van der Waals surface area contributed by atoms with Gasteiger partial charge in [0.15, 0.2) is 0 Å². The van der Waals surface area contributed by atoms with E-state index in [0.717, 1.165) is 10.4 Å². The molecule has 2 aliphatic carbocycles. The lowest BCUT2D eigenvalue weighted by atomic mass is 9.81. The molecule has 0 N–H and O–H groups in total. The van der Waals surface area contributed by atoms with Gasteiger partial charge in [0.1, 0.15) is 0 Å². The van der Waals surface area contributed by atoms with E-state index in [-0.39, 0.29) is 18.8 Å². The summed E-state index contributed by atoms with van der Waals surface area (Å²) in [6, 6.07) is 6.38. The monoisotopic (exact) mass is 386 g/mol. The molecular weight excluding hydrogens is 365 g/mol. The van der Waals surface area contributed by atoms with Crippen LogP contribution >= 0.6 is 15.9 Å². The van der Waals surface area contributed by atoms with Crippen LogP contribution in [0.2, 0.25) is 0 Å². The van der Waals surface area contributed by atoms with Crippen LogP contribution in [-0.4, -0.2) is 6.18 Å². The van der Waals surface area contributed by atoms with Crippen LogP contribution in [0.3, 0.4) is 0 Å². The summed E-state index contributed by atoms with van der Waals surface area (Å²) in [7, 11) is 0. The molecule has 0 aliphatic heterocycles. The van der Waals surface area contributed by atoms with Crippen molar-refractivity contribution in [3.05, 3.63) is 39.9 Å². The van der Waals surface area contributed by atoms with Crippen molar-refractivity contribution in [3.8, 4) is 0 Å². The number of allylic oxidation sites excluding steroid dienone is 1. The molecule has 2 aliphatic rings. The predicted molar refractivity (Wildman–Crippen MR) is 91.2 cm³/mol. The van der Waals surface area contributed by atoms with Crippen LogP contribution in [0.15, 0.2) is 28.7 Å². The van der Waals surface area contributed by atoms with Gasteiger partial charge in [0.05, 0.1) is 5.92 Å². The molecule has 1 aromatic rings. The first-order valence-corrected chi connectivity index (χ1v) is 9.18. The fourth-order valence-electron chi connectivity index (χ4n) is 3.66. The van der Waals surface area contributed by atoms with E-state index >= 15 is 0 Å². The Morgan fingerprint density at radius 3 is 2.35 bits per heavy atom. The molecular formula is C19H22BrF3. The number of alkyl halides is 3. The zero-order chi connectivity index (χ0) is 16.6. The van der Waals surface area contributed by atoms with E-state index in [0.29, 0.717) is 18.8 Å². The SMILES string of the molecule is CC1CC1c1ccc(Br)cc1/C=C/C1CCC(C(F)(F)F)CC1. The Morgan fingerprint density at radius 2 is 1.78 bits per heavy atom. The Kier molecular flexibility index (Phi) is 4.91. The molecule has 0 saturated heterocycles. The van der Waals surface area contributed by atoms with Crippen LogP contribution in [0.4, 0.5) is 13.2 Å². The topological polar surface area (TPSA) is 0 Å². The van der Waals surface area contributed by atoms with E-state index in [1.807, 2.05) is 0 Å². The summed E-state index contributed by atoms with van der Waals surface area (Å²) in [4.78, 5) is 0. The molecule has 126 valence electrons. The highest BCUT2D eigenvalue weighted by Gasteiger charge is 2.41. The minimum Gasteiger partial charge on any atom is -0.171 e. The summed E-state index contributed by atoms with van der Waals surface area (Å²) in [6.07, 6.45) is 3.29. The number of halogens is 4. The summed E-state index contributed by atoms with van der Waals surface area (Å²) in [5.41, 5.74) is 2.59. The minimum atomic E-state index is -4.02. The molecule has 3 rings (SSSR count). The van der Waals surface area contributed by atoms with Crippen molar-refractivity contribution < 1.29 is 13.2 Å². The second kappa shape index (κ2) is 6.62. The third-order valence-corrected chi connectivity index (χ3v) is 5.83. The van der Waals surface area contributed by atoms with E-state index in [1.54, 1.807) is 0 Å². The lowest BCUT2D eigenvalue weighted by Crippen LogP contribution is -2.27. The van der Waals surface area contributed by atoms with Crippen LogP contribution in [0.25, 0.3) is 6.08 Å². The zero-order valence-electron chi connectivity index (χ0n) is 13.2. The highest BCUT2D eigenvalue weighted by molar-refractivity contribution is 9.10. The minimum absolute atomic E-state index is 0.267. The molecule has 2 saturated carbocycles. The van der Waals surface area contributed by atoms with Crippen LogP contribution in [0, 0.1) is 17.8 Å². The summed E-state index contributed by atoms with van der Waals surface area (Å²) >= 11 is 3.52. The normalized spacial score (nSPS) is 31.5. The van der Waals surface area contributed by atoms with Crippen LogP contribution in [0.5, 0.6) is 0 Å². The van der Waals surface area contributed by atoms with Gasteiger partial charge in [0.25, 0.3) is 0 Å². The first-order chi connectivity index (χ1) is 10.8. The number of rotatable bonds is 3. The number of hydrogen-bond acceptors (Lipinski definition) is 0. The highest BCUT2D eigenvalue weighted by atomic mass is 79.9. The molecule has 0 bridgehead atoms. The molecule has 1 aromatic carbocycles. The summed E-state index contributed by atoms with van der Waals surface area (Å²) in [5, 5.41) is 0. The van der Waals surface area contributed by atoms with Gasteiger partial charge in [-0.3, -0.25) is 0 Å². The Morgan fingerprint density at radius 1 is 1.13 bits per heavy atom. The molecule has 0 amide bonds. The van der Waals surface area contributed by atoms with Gasteiger partial charge in [-0.05, 0) is 73.1 Å². The van der Waals surface area contributed by atoms with Crippen molar-refractivity contribution in [2.45, 2.75) is 51.1 Å². The standard InChI is InChI=1S/C19H22BrF3/c1-12-10-18(12)17-9-8-16(20)11-14(17)5-2-13-3-6-15(7-4-13)19(21,22)23/h2,5,8-9,11-13,15,18H,3-4,6-7,10H2,1H3/b5-2+. The lowest BCUT2D eigenvalue weighted by Gasteiger charge is -2.28. The third-order valence-electron chi connectivity index (χ3n) is 5.34. The van der Waals surface area contributed by atoms with Crippen LogP contribution in [-0.2, 0) is 0 Å². The third kappa shape index (κ3) is 4.20. The lowest BCUT2D eigenvalue weighted by molar-refractivity contribution is -0.183. The molecule has 23 heavy (non-hydrogen) atoms. The molecule has 0 aromatic heterocycles. The van der Waals surface area contributed by atoms with Crippen molar-refractivity contribution in [3.63, 3.8) is 0 Å². The molecule has 2 atom stereocenters. The Hall–Kier alpha value is -0.770. The molecule has 0 spiro atoms. The summed E-state index contributed by atoms with van der Waals surface area (Å²) in [6.45, 7) is 2.26. The maximum Gasteiger partial charge on any atom is 0.391 e. The summed E-state index contributed by atoms with van der Waals surface area (Å²) in [5.74, 6) is 0.562. The fourth-order valence-corrected chi connectivity index (χ4v) is 4.04. The van der Waals surface area contributed by atoms with Crippen molar-refractivity contribution in [2.24, 2.45) is 17.8 Å². The van der Waals surface area contributed by atoms with Gasteiger partial charge in [-0.25, -0.2) is 0 Å². The van der Waals surface area contributed by atoms with Gasteiger partial charge in [0.2, 0.25) is 0 Å². The second-order valence-corrected chi connectivity index (χ2v) is 8.02. The average Bonchev–Trinajstić information content (AvgIpc) is 3.21. The first-order valence-electron chi connectivity index (χ1n) is 8.39. The molecule has 2 fully saturated rings. The summed E-state index contributed by atoms with van der Waals surface area (Å²) < 4.78 is 39.2. The molecule has 0 heterocycles. The van der Waals surface area contributed by atoms with Gasteiger partial charge in [0, 0.05) is 4.47 Å². The Bertz CT molecular complexity index is 583. The van der Waals surface area contributed by atoms with E-state index in [4.69, 9.17) is 0 Å². The maximum atomic E-state index is 12.7. The highest BCUT2D eigenvalue weighted by Crippen LogP contribution is 2.48. The van der Waals surface area contributed by atoms with Gasteiger partial charge in [-0.1, -0.05) is 41.1 Å². The van der Waals surface area contributed by atoms with E-state index in [2.05, 4.69) is 53.2 Å². The van der Waals surface area contributed by atoms with Crippen molar-refractivity contribution in [1.29, 1.82) is 0 Å². The fraction of sp³-hybridized carbons (Fsp3) is 0.579. The zero-order valence-corrected chi connectivity index (χ0v) is 14.8. The van der Waals surface area contributed by atoms with Crippen molar-refractivity contribution >= 4 is 22.0 Å². The maximum absolute atomic E-state index is 12.7. The van der Waals surface area contributed by atoms with Crippen molar-refractivity contribution in [2.75, 3.05) is 0 Å². The number of hydrogen-bond donors (Lipinski definition) is 0. The van der Waals surface area contributed by atoms with Gasteiger partial charge >= 0.3 is 6.18 Å². The van der Waals surface area contributed by atoms with Gasteiger partial charge in [-0.15, -0.1) is 0 Å². The van der Waals surface area contributed by atoms with Gasteiger partial charge in [-0.2, -0.15) is 13.2 Å². The first kappa shape index (κ1) is 17.1. The van der Waals surface area contributed by atoms with Crippen LogP contribution in [0.1, 0.15) is 56.1 Å². The van der Waals surface area contributed by atoms with Gasteiger partial charge < -0.3 is 0 Å². The molecule has 0 nitrogen and oxygen atoms in total. The quantitative estimate of drug-likeness (QED) is 0.526.